The molecule has 2 N–H and O–H groups in total. The molecule has 5 aromatic carbocycles. The van der Waals surface area contributed by atoms with Crippen molar-refractivity contribution >= 4 is 43.7 Å². The highest BCUT2D eigenvalue weighted by Crippen LogP contribution is 2.40. The zero-order valence-corrected chi connectivity index (χ0v) is 26.4. The summed E-state index contributed by atoms with van der Waals surface area (Å²) in [5, 5.41) is 12.8. The number of hydrogen-bond donors (Lipinski definition) is 2. The van der Waals surface area contributed by atoms with Crippen molar-refractivity contribution < 1.29 is 4.42 Å². The predicted molar refractivity (Wildman–Crippen MR) is 192 cm³/mol. The van der Waals surface area contributed by atoms with Crippen molar-refractivity contribution in [3.63, 3.8) is 0 Å². The number of para-hydroxylation sites is 2. The highest BCUT2D eigenvalue weighted by molar-refractivity contribution is 6.16. The number of benzene rings is 5. The van der Waals surface area contributed by atoms with Gasteiger partial charge in [-0.15, -0.1) is 0 Å². The molecule has 4 nitrogen and oxygen atoms in total. The number of aromatic nitrogens is 1. The van der Waals surface area contributed by atoms with Gasteiger partial charge in [-0.05, 0) is 53.8 Å². The Bertz CT molecular complexity index is 2210. The summed E-state index contributed by atoms with van der Waals surface area (Å²) in [6, 6.07) is 43.6. The number of hydrogen-bond acceptors (Lipinski definition) is 3. The SMILES string of the molecule is CCC(C)C(NC(NC1=CC(n2c3ccccc3c3cc4c(cc32)oc2ccccc24)CC=C1)c1ccccc1)c1ccccc1. The maximum Gasteiger partial charge on any atom is 0.137 e. The van der Waals surface area contributed by atoms with E-state index in [-0.39, 0.29) is 18.2 Å². The van der Waals surface area contributed by atoms with Gasteiger partial charge in [0.25, 0.3) is 0 Å². The second-order valence-corrected chi connectivity index (χ2v) is 12.6. The van der Waals surface area contributed by atoms with Gasteiger partial charge >= 0.3 is 0 Å². The quantitative estimate of drug-likeness (QED) is 0.162. The molecule has 8 rings (SSSR count). The van der Waals surface area contributed by atoms with Crippen LogP contribution in [0.1, 0.15) is 56.1 Å². The molecule has 7 aromatic rings. The first-order valence-corrected chi connectivity index (χ1v) is 16.5. The lowest BCUT2D eigenvalue weighted by Crippen LogP contribution is -2.38. The Morgan fingerprint density at radius 3 is 2.20 bits per heavy atom. The van der Waals surface area contributed by atoms with Gasteiger partial charge in [-0.1, -0.05) is 123 Å². The lowest BCUT2D eigenvalue weighted by Gasteiger charge is -2.32. The minimum atomic E-state index is -0.0663. The van der Waals surface area contributed by atoms with Crippen LogP contribution in [-0.2, 0) is 0 Å². The molecule has 4 unspecified atom stereocenters. The van der Waals surface area contributed by atoms with E-state index in [1.165, 1.54) is 38.3 Å². The molecule has 0 saturated heterocycles. The number of furan rings is 1. The molecule has 0 amide bonds. The highest BCUT2D eigenvalue weighted by atomic mass is 16.3. The van der Waals surface area contributed by atoms with E-state index in [2.05, 4.69) is 163 Å². The predicted octanol–water partition coefficient (Wildman–Crippen LogP) is 10.7. The molecule has 2 heterocycles. The van der Waals surface area contributed by atoms with Crippen LogP contribution in [0.2, 0.25) is 0 Å². The molecule has 4 heteroatoms. The summed E-state index contributed by atoms with van der Waals surface area (Å²) in [7, 11) is 0. The third-order valence-corrected chi connectivity index (χ3v) is 9.75. The number of nitrogens with one attached hydrogen (secondary N) is 2. The lowest BCUT2D eigenvalue weighted by molar-refractivity contribution is 0.319. The van der Waals surface area contributed by atoms with Gasteiger partial charge in [0.1, 0.15) is 17.3 Å². The van der Waals surface area contributed by atoms with Crippen LogP contribution >= 0.6 is 0 Å². The molecule has 0 radical (unpaired) electrons. The molecule has 1 aliphatic carbocycles. The Morgan fingerprint density at radius 2 is 1.41 bits per heavy atom. The van der Waals surface area contributed by atoms with Crippen molar-refractivity contribution in [1.82, 2.24) is 15.2 Å². The van der Waals surface area contributed by atoms with E-state index < -0.39 is 0 Å². The van der Waals surface area contributed by atoms with Crippen molar-refractivity contribution in [2.45, 2.75) is 44.9 Å². The Morgan fingerprint density at radius 1 is 0.717 bits per heavy atom. The summed E-state index contributed by atoms with van der Waals surface area (Å²) >= 11 is 0. The normalized spacial score (nSPS) is 17.0. The van der Waals surface area contributed by atoms with Crippen LogP contribution < -0.4 is 10.6 Å². The van der Waals surface area contributed by atoms with Crippen LogP contribution in [0.15, 0.2) is 150 Å². The molecule has 46 heavy (non-hydrogen) atoms. The third-order valence-electron chi connectivity index (χ3n) is 9.75. The van der Waals surface area contributed by atoms with Gasteiger partial charge in [0.2, 0.25) is 0 Å². The van der Waals surface area contributed by atoms with Gasteiger partial charge in [0.15, 0.2) is 0 Å². The minimum Gasteiger partial charge on any atom is -0.456 e. The maximum atomic E-state index is 6.36. The zero-order valence-electron chi connectivity index (χ0n) is 26.4. The molecule has 228 valence electrons. The first kappa shape index (κ1) is 28.4. The summed E-state index contributed by atoms with van der Waals surface area (Å²) in [5.74, 6) is 0.465. The molecular formula is C42H39N3O. The van der Waals surface area contributed by atoms with E-state index in [9.17, 15) is 0 Å². The van der Waals surface area contributed by atoms with E-state index in [1.54, 1.807) is 0 Å². The molecule has 0 saturated carbocycles. The van der Waals surface area contributed by atoms with Crippen molar-refractivity contribution in [1.29, 1.82) is 0 Å². The topological polar surface area (TPSA) is 42.1 Å². The first-order valence-electron chi connectivity index (χ1n) is 16.5. The van der Waals surface area contributed by atoms with Gasteiger partial charge in [-0.2, -0.15) is 0 Å². The van der Waals surface area contributed by atoms with Crippen molar-refractivity contribution in [2.24, 2.45) is 5.92 Å². The fourth-order valence-electron chi connectivity index (χ4n) is 7.21. The molecular weight excluding hydrogens is 562 g/mol. The van der Waals surface area contributed by atoms with Gasteiger partial charge in [-0.3, -0.25) is 5.32 Å². The van der Waals surface area contributed by atoms with Crippen LogP contribution in [0.5, 0.6) is 0 Å². The van der Waals surface area contributed by atoms with Gasteiger partial charge < -0.3 is 14.3 Å². The van der Waals surface area contributed by atoms with Gasteiger partial charge in [0.05, 0.1) is 11.6 Å². The zero-order chi connectivity index (χ0) is 31.0. The van der Waals surface area contributed by atoms with Crippen LogP contribution in [0.3, 0.4) is 0 Å². The van der Waals surface area contributed by atoms with E-state index in [0.717, 1.165) is 35.1 Å². The average molecular weight is 602 g/mol. The summed E-state index contributed by atoms with van der Waals surface area (Å²) < 4.78 is 8.86. The molecule has 0 aliphatic heterocycles. The standard InChI is InChI=1S/C42H39N3O/c1-3-28(2)41(29-15-6-4-7-16-29)44-42(30-17-8-5-9-18-30)43-31-19-14-20-32(25-31)45-37-23-12-10-21-33(37)35-26-36-34-22-11-13-24-39(34)46-40(36)27-38(35)45/h4-19,21-28,32,41-44H,3,20H2,1-2H3. The summed E-state index contributed by atoms with van der Waals surface area (Å²) in [5.41, 5.74) is 7.94. The van der Waals surface area contributed by atoms with E-state index in [4.69, 9.17) is 4.42 Å². The number of nitrogens with zero attached hydrogens (tertiary/aromatic N) is 1. The third kappa shape index (κ3) is 5.09. The minimum absolute atomic E-state index is 0.0663. The number of fused-ring (bicyclic) bond motifs is 6. The van der Waals surface area contributed by atoms with E-state index >= 15 is 0 Å². The Balaban J connectivity index is 1.20. The van der Waals surface area contributed by atoms with Crippen molar-refractivity contribution in [3.8, 4) is 0 Å². The Hall–Kier alpha value is -5.06. The summed E-state index contributed by atoms with van der Waals surface area (Å²) in [6.45, 7) is 4.61. The largest absolute Gasteiger partial charge is 0.456 e. The first-order chi connectivity index (χ1) is 22.7. The highest BCUT2D eigenvalue weighted by Gasteiger charge is 2.25. The second-order valence-electron chi connectivity index (χ2n) is 12.6. The average Bonchev–Trinajstić information content (AvgIpc) is 3.64. The Labute approximate surface area is 270 Å². The van der Waals surface area contributed by atoms with Crippen molar-refractivity contribution in [2.75, 3.05) is 0 Å². The fourth-order valence-corrected chi connectivity index (χ4v) is 7.21. The molecule has 0 spiro atoms. The summed E-state index contributed by atoms with van der Waals surface area (Å²) in [4.78, 5) is 0. The van der Waals surface area contributed by atoms with Gasteiger partial charge in [0, 0.05) is 44.9 Å². The maximum absolute atomic E-state index is 6.36. The number of rotatable bonds is 9. The van der Waals surface area contributed by atoms with E-state index in [1.807, 2.05) is 6.07 Å². The number of allylic oxidation sites excluding steroid dienone is 3. The molecule has 2 aromatic heterocycles. The van der Waals surface area contributed by atoms with Gasteiger partial charge in [-0.25, -0.2) is 0 Å². The fraction of sp³-hybridized carbons (Fsp3) is 0.190. The van der Waals surface area contributed by atoms with Crippen LogP contribution in [-0.4, -0.2) is 4.57 Å². The van der Waals surface area contributed by atoms with Crippen molar-refractivity contribution in [3.05, 3.63) is 156 Å². The van der Waals surface area contributed by atoms with E-state index in [0.29, 0.717) is 5.92 Å². The van der Waals surface area contributed by atoms with Crippen LogP contribution in [0.4, 0.5) is 0 Å². The molecule has 0 bridgehead atoms. The van der Waals surface area contributed by atoms with Crippen LogP contribution in [0, 0.1) is 5.92 Å². The molecule has 0 fully saturated rings. The lowest BCUT2D eigenvalue weighted by atomic mass is 9.91. The second kappa shape index (κ2) is 12.0. The molecule has 1 aliphatic rings. The smallest absolute Gasteiger partial charge is 0.137 e. The summed E-state index contributed by atoms with van der Waals surface area (Å²) in [6.07, 6.45) is 8.88. The monoisotopic (exact) mass is 601 g/mol. The Kier molecular flexibility index (Phi) is 7.43. The van der Waals surface area contributed by atoms with Crippen LogP contribution in [0.25, 0.3) is 43.7 Å². The molecule has 4 atom stereocenters.